The van der Waals surface area contributed by atoms with Gasteiger partial charge in [-0.2, -0.15) is 5.10 Å². The van der Waals surface area contributed by atoms with Gasteiger partial charge < -0.3 is 5.73 Å². The second-order valence-corrected chi connectivity index (χ2v) is 6.39. The molecule has 0 saturated carbocycles. The van der Waals surface area contributed by atoms with E-state index < -0.39 is 0 Å². The van der Waals surface area contributed by atoms with Crippen LogP contribution in [0.15, 0.2) is 46.6 Å². The van der Waals surface area contributed by atoms with Gasteiger partial charge in [-0.25, -0.2) is 4.68 Å². The van der Waals surface area contributed by atoms with Gasteiger partial charge in [0.2, 0.25) is 0 Å². The average molecular weight is 352 g/mol. The Labute approximate surface area is 140 Å². The molecule has 3 aromatic rings. The molecule has 1 aromatic carbocycles. The van der Waals surface area contributed by atoms with Gasteiger partial charge in [-0.15, -0.1) is 11.3 Å². The lowest BCUT2D eigenvalue weighted by atomic mass is 10.2. The zero-order valence-electron chi connectivity index (χ0n) is 11.3. The van der Waals surface area contributed by atoms with Crippen molar-refractivity contribution < 1.29 is 0 Å². The average Bonchev–Trinajstić information content (AvgIpc) is 3.01. The van der Waals surface area contributed by atoms with E-state index >= 15 is 0 Å². The van der Waals surface area contributed by atoms with Crippen molar-refractivity contribution in [3.8, 4) is 10.6 Å². The fraction of sp³-hybridized carbons (Fsp3) is 0.0667. The summed E-state index contributed by atoms with van der Waals surface area (Å²) in [5.74, 6) is 0. The summed E-state index contributed by atoms with van der Waals surface area (Å²) in [4.78, 5) is 13.1. The molecule has 0 unspecified atom stereocenters. The van der Waals surface area contributed by atoms with Crippen molar-refractivity contribution in [1.82, 2.24) is 9.78 Å². The molecule has 0 spiro atoms. The van der Waals surface area contributed by atoms with Crippen molar-refractivity contribution >= 4 is 40.2 Å². The number of nitrogen functional groups attached to an aromatic ring is 1. The molecule has 0 bridgehead atoms. The van der Waals surface area contributed by atoms with Gasteiger partial charge in [0.15, 0.2) is 0 Å². The standard InChI is InChI=1S/C15H11Cl2N3OS/c16-10-3-1-4-11(17)9(10)8-20-15(21)12(18)7-13(19-20)14-5-2-6-22-14/h1-7H,8,18H2. The summed E-state index contributed by atoms with van der Waals surface area (Å²) in [6, 6.07) is 10.6. The number of nitrogens with zero attached hydrogens (tertiary/aromatic N) is 2. The van der Waals surface area contributed by atoms with E-state index in [9.17, 15) is 4.79 Å². The summed E-state index contributed by atoms with van der Waals surface area (Å²) >= 11 is 13.8. The maximum absolute atomic E-state index is 12.2. The Kier molecular flexibility index (Phi) is 4.20. The van der Waals surface area contributed by atoms with Crippen LogP contribution in [0.4, 0.5) is 5.69 Å². The Balaban J connectivity index is 2.09. The molecule has 112 valence electrons. The molecule has 0 saturated heterocycles. The summed E-state index contributed by atoms with van der Waals surface area (Å²) < 4.78 is 1.29. The fourth-order valence-electron chi connectivity index (χ4n) is 2.05. The smallest absolute Gasteiger partial charge is 0.290 e. The molecule has 3 rings (SSSR count). The predicted octanol–water partition coefficient (Wildman–Crippen LogP) is 3.91. The van der Waals surface area contributed by atoms with Gasteiger partial charge in [0.1, 0.15) is 11.4 Å². The van der Waals surface area contributed by atoms with Crippen LogP contribution in [0.3, 0.4) is 0 Å². The number of nitrogens with two attached hydrogens (primary N) is 1. The molecule has 2 heterocycles. The van der Waals surface area contributed by atoms with Crippen LogP contribution in [0.25, 0.3) is 10.6 Å². The second-order valence-electron chi connectivity index (χ2n) is 4.63. The van der Waals surface area contributed by atoms with E-state index in [2.05, 4.69) is 5.10 Å². The molecule has 2 N–H and O–H groups in total. The van der Waals surface area contributed by atoms with Crippen molar-refractivity contribution in [2.24, 2.45) is 0 Å². The number of halogens is 2. The molecule has 0 amide bonds. The molecule has 0 fully saturated rings. The number of aromatic nitrogens is 2. The summed E-state index contributed by atoms with van der Waals surface area (Å²) in [6.07, 6.45) is 0. The first-order chi connectivity index (χ1) is 10.6. The SMILES string of the molecule is Nc1cc(-c2cccs2)nn(Cc2c(Cl)cccc2Cl)c1=O. The largest absolute Gasteiger partial charge is 0.394 e. The van der Waals surface area contributed by atoms with Gasteiger partial charge in [-0.3, -0.25) is 4.79 Å². The maximum atomic E-state index is 12.2. The van der Waals surface area contributed by atoms with E-state index in [0.29, 0.717) is 21.3 Å². The Morgan fingerprint density at radius 1 is 1.18 bits per heavy atom. The van der Waals surface area contributed by atoms with Crippen LogP contribution in [0.5, 0.6) is 0 Å². The Bertz CT molecular complexity index is 855. The first-order valence-electron chi connectivity index (χ1n) is 6.40. The Morgan fingerprint density at radius 3 is 2.55 bits per heavy atom. The molecular formula is C15H11Cl2N3OS. The summed E-state index contributed by atoms with van der Waals surface area (Å²) in [5, 5.41) is 7.28. The molecule has 0 radical (unpaired) electrons. The van der Waals surface area contributed by atoms with Crippen molar-refractivity contribution in [3.63, 3.8) is 0 Å². The molecule has 0 aliphatic carbocycles. The summed E-state index contributed by atoms with van der Waals surface area (Å²) in [7, 11) is 0. The number of hydrogen-bond acceptors (Lipinski definition) is 4. The van der Waals surface area contributed by atoms with Crippen LogP contribution < -0.4 is 11.3 Å². The molecule has 7 heteroatoms. The van der Waals surface area contributed by atoms with Gasteiger partial charge in [0, 0.05) is 15.6 Å². The number of benzene rings is 1. The van der Waals surface area contributed by atoms with E-state index in [1.165, 1.54) is 16.0 Å². The third-order valence-corrected chi connectivity index (χ3v) is 4.75. The molecule has 0 atom stereocenters. The molecule has 0 aliphatic rings. The van der Waals surface area contributed by atoms with Gasteiger partial charge in [0.25, 0.3) is 5.56 Å². The van der Waals surface area contributed by atoms with Gasteiger partial charge in [-0.05, 0) is 29.6 Å². The molecule has 4 nitrogen and oxygen atoms in total. The number of anilines is 1. The highest BCUT2D eigenvalue weighted by Crippen LogP contribution is 2.26. The van der Waals surface area contributed by atoms with Crippen LogP contribution in [0, 0.1) is 0 Å². The minimum Gasteiger partial charge on any atom is -0.394 e. The molecule has 0 aliphatic heterocycles. The maximum Gasteiger partial charge on any atom is 0.290 e. The number of hydrogen-bond donors (Lipinski definition) is 1. The van der Waals surface area contributed by atoms with Crippen LogP contribution in [-0.4, -0.2) is 9.78 Å². The normalized spacial score (nSPS) is 10.8. The van der Waals surface area contributed by atoms with Crippen molar-refractivity contribution in [2.45, 2.75) is 6.54 Å². The Hall–Kier alpha value is -1.82. The first kappa shape index (κ1) is 15.1. The first-order valence-corrected chi connectivity index (χ1v) is 8.04. The van der Waals surface area contributed by atoms with Gasteiger partial charge >= 0.3 is 0 Å². The fourth-order valence-corrected chi connectivity index (χ4v) is 3.25. The highest BCUT2D eigenvalue weighted by molar-refractivity contribution is 7.13. The van der Waals surface area contributed by atoms with Crippen molar-refractivity contribution in [2.75, 3.05) is 5.73 Å². The molecule has 2 aromatic heterocycles. The van der Waals surface area contributed by atoms with Crippen LogP contribution >= 0.6 is 34.5 Å². The lowest BCUT2D eigenvalue weighted by molar-refractivity contribution is 0.646. The van der Waals surface area contributed by atoms with E-state index in [0.717, 1.165) is 4.88 Å². The van der Waals surface area contributed by atoms with Crippen molar-refractivity contribution in [1.29, 1.82) is 0 Å². The van der Waals surface area contributed by atoms with Crippen molar-refractivity contribution in [3.05, 3.63) is 67.7 Å². The van der Waals surface area contributed by atoms with Crippen LogP contribution in [0.1, 0.15) is 5.56 Å². The van der Waals surface area contributed by atoms with E-state index in [4.69, 9.17) is 28.9 Å². The lowest BCUT2D eigenvalue weighted by Crippen LogP contribution is -2.26. The van der Waals surface area contributed by atoms with Gasteiger partial charge in [0.05, 0.1) is 11.4 Å². The summed E-state index contributed by atoms with van der Waals surface area (Å²) in [5.41, 5.74) is 6.89. The highest BCUT2D eigenvalue weighted by atomic mass is 35.5. The molecular weight excluding hydrogens is 341 g/mol. The van der Waals surface area contributed by atoms with E-state index in [-0.39, 0.29) is 17.8 Å². The number of rotatable bonds is 3. The third-order valence-electron chi connectivity index (χ3n) is 3.15. The minimum atomic E-state index is -0.365. The number of thiophene rings is 1. The van der Waals surface area contributed by atoms with Crippen LogP contribution in [-0.2, 0) is 6.54 Å². The topological polar surface area (TPSA) is 60.9 Å². The predicted molar refractivity (Wildman–Crippen MR) is 91.8 cm³/mol. The highest BCUT2D eigenvalue weighted by Gasteiger charge is 2.12. The minimum absolute atomic E-state index is 0.140. The Morgan fingerprint density at radius 2 is 1.91 bits per heavy atom. The molecule has 22 heavy (non-hydrogen) atoms. The third kappa shape index (κ3) is 2.88. The van der Waals surface area contributed by atoms with Gasteiger partial charge in [-0.1, -0.05) is 35.3 Å². The quantitative estimate of drug-likeness (QED) is 0.777. The monoisotopic (exact) mass is 351 g/mol. The lowest BCUT2D eigenvalue weighted by Gasteiger charge is -2.10. The summed E-state index contributed by atoms with van der Waals surface area (Å²) in [6.45, 7) is 0.167. The zero-order chi connectivity index (χ0) is 15.7. The van der Waals surface area contributed by atoms with E-state index in [1.54, 1.807) is 24.3 Å². The van der Waals surface area contributed by atoms with E-state index in [1.807, 2.05) is 17.5 Å². The van der Waals surface area contributed by atoms with Crippen LogP contribution in [0.2, 0.25) is 10.0 Å². The second kappa shape index (κ2) is 6.12. The zero-order valence-corrected chi connectivity index (χ0v) is 13.6.